The molecule has 36 heavy (non-hydrogen) atoms. The van der Waals surface area contributed by atoms with E-state index in [1.54, 1.807) is 18.2 Å². The maximum absolute atomic E-state index is 13.6. The zero-order valence-electron chi connectivity index (χ0n) is 19.8. The summed E-state index contributed by atoms with van der Waals surface area (Å²) < 4.78 is 6.12. The number of thioether (sulfide) groups is 1. The van der Waals surface area contributed by atoms with E-state index in [0.717, 1.165) is 32.2 Å². The molecular weight excluding hydrogens is 540 g/mol. The molecule has 1 saturated heterocycles. The van der Waals surface area contributed by atoms with Gasteiger partial charge in [-0.2, -0.15) is 0 Å². The number of pyridine rings is 1. The summed E-state index contributed by atoms with van der Waals surface area (Å²) in [6.45, 7) is 2.61. The second-order valence-corrected chi connectivity index (χ2v) is 10.4. The lowest BCUT2D eigenvalue weighted by molar-refractivity contribution is -0.131. The Kier molecular flexibility index (Phi) is 7.29. The first-order chi connectivity index (χ1) is 17.5. The molecule has 184 valence electrons. The van der Waals surface area contributed by atoms with Gasteiger partial charge in [0.2, 0.25) is 5.91 Å². The van der Waals surface area contributed by atoms with Gasteiger partial charge in [0, 0.05) is 37.3 Å². The molecule has 0 aliphatic carbocycles. The number of carbonyl (C=O) groups excluding carboxylic acids is 2. The third kappa shape index (κ3) is 5.12. The average molecular weight is 565 g/mol. The van der Waals surface area contributed by atoms with Gasteiger partial charge in [0.25, 0.3) is 5.91 Å². The Bertz CT molecular complexity index is 1310. The van der Waals surface area contributed by atoms with E-state index in [0.29, 0.717) is 31.1 Å². The number of anilines is 2. The minimum absolute atomic E-state index is 0.00361. The molecular formula is C27H25BrN4O3S. The number of halogens is 1. The number of benzene rings is 2. The Balaban J connectivity index is 1.33. The predicted octanol–water partition coefficient (Wildman–Crippen LogP) is 4.68. The fourth-order valence-electron chi connectivity index (χ4n) is 4.30. The molecule has 0 bridgehead atoms. The second-order valence-electron chi connectivity index (χ2n) is 8.42. The van der Waals surface area contributed by atoms with Crippen LogP contribution in [0.25, 0.3) is 6.08 Å². The highest BCUT2D eigenvalue weighted by Crippen LogP contribution is 2.42. The van der Waals surface area contributed by atoms with Crippen molar-refractivity contribution in [1.29, 1.82) is 0 Å². The first-order valence-electron chi connectivity index (χ1n) is 11.6. The molecule has 2 aromatic carbocycles. The van der Waals surface area contributed by atoms with Crippen molar-refractivity contribution >= 4 is 57.1 Å². The zero-order valence-corrected chi connectivity index (χ0v) is 22.2. The highest BCUT2D eigenvalue weighted by Gasteiger charge is 2.32. The van der Waals surface area contributed by atoms with E-state index in [1.165, 1.54) is 11.8 Å². The largest absolute Gasteiger partial charge is 0.496 e. The molecule has 1 aromatic heterocycles. The Morgan fingerprint density at radius 3 is 2.58 bits per heavy atom. The first kappa shape index (κ1) is 24.4. The molecule has 7 nitrogen and oxygen atoms in total. The van der Waals surface area contributed by atoms with Crippen LogP contribution in [0.3, 0.4) is 0 Å². The molecule has 3 heterocycles. The summed E-state index contributed by atoms with van der Waals surface area (Å²) in [5, 5.41) is 0. The van der Waals surface area contributed by atoms with Crippen LogP contribution in [0.1, 0.15) is 5.56 Å². The fourth-order valence-corrected chi connectivity index (χ4v) is 5.92. The predicted molar refractivity (Wildman–Crippen MR) is 146 cm³/mol. The van der Waals surface area contributed by atoms with Crippen molar-refractivity contribution in [3.8, 4) is 5.75 Å². The van der Waals surface area contributed by atoms with Gasteiger partial charge in [0.1, 0.15) is 18.1 Å². The third-order valence-electron chi connectivity index (χ3n) is 6.20. The van der Waals surface area contributed by atoms with Crippen molar-refractivity contribution in [2.45, 2.75) is 4.90 Å². The lowest BCUT2D eigenvalue weighted by Gasteiger charge is -2.37. The molecule has 5 rings (SSSR count). The summed E-state index contributed by atoms with van der Waals surface area (Å²) in [4.78, 5) is 38.4. The van der Waals surface area contributed by atoms with Gasteiger partial charge >= 0.3 is 0 Å². The number of nitrogens with zero attached hydrogens (tertiary/aromatic N) is 4. The quantitative estimate of drug-likeness (QED) is 0.419. The maximum Gasteiger partial charge on any atom is 0.265 e. The Morgan fingerprint density at radius 1 is 1.08 bits per heavy atom. The monoisotopic (exact) mass is 564 g/mol. The van der Waals surface area contributed by atoms with Crippen LogP contribution in [-0.2, 0) is 9.59 Å². The Labute approximate surface area is 222 Å². The van der Waals surface area contributed by atoms with E-state index in [1.807, 2.05) is 71.6 Å². The molecule has 1 fully saturated rings. The molecule has 0 atom stereocenters. The third-order valence-corrected chi connectivity index (χ3v) is 7.90. The number of hydrogen-bond donors (Lipinski definition) is 0. The summed E-state index contributed by atoms with van der Waals surface area (Å²) in [5.74, 6) is 1.41. The Hall–Kier alpha value is -3.30. The molecule has 9 heteroatoms. The number of amides is 2. The summed E-state index contributed by atoms with van der Waals surface area (Å²) in [5.41, 5.74) is 1.64. The van der Waals surface area contributed by atoms with Crippen molar-refractivity contribution in [1.82, 2.24) is 9.88 Å². The molecule has 0 unspecified atom stereocenters. The molecule has 3 aromatic rings. The van der Waals surface area contributed by atoms with Gasteiger partial charge in [0.05, 0.1) is 22.2 Å². The summed E-state index contributed by atoms with van der Waals surface area (Å²) in [6.07, 6.45) is 3.64. The van der Waals surface area contributed by atoms with E-state index >= 15 is 0 Å². The summed E-state index contributed by atoms with van der Waals surface area (Å²) >= 11 is 4.93. The van der Waals surface area contributed by atoms with E-state index in [4.69, 9.17) is 4.74 Å². The van der Waals surface area contributed by atoms with Crippen LogP contribution >= 0.6 is 27.7 Å². The lowest BCUT2D eigenvalue weighted by atomic mass is 10.2. The van der Waals surface area contributed by atoms with Crippen LogP contribution < -0.4 is 14.5 Å². The van der Waals surface area contributed by atoms with Gasteiger partial charge in [-0.25, -0.2) is 4.98 Å². The number of fused-ring (bicyclic) bond motifs is 1. The second kappa shape index (κ2) is 10.8. The highest BCUT2D eigenvalue weighted by atomic mass is 79.9. The standard InChI is InChI=1S/C27H25BrN4O3S/c1-35-22-10-9-19(16-20(22)28)17-24-27(34)32(21-6-2-3-7-23(21)36-24)18-26(33)31-14-12-30(13-15-31)25-8-4-5-11-29-25/h2-11,16-17H,12-15,18H2,1H3/b24-17+. The molecule has 0 spiro atoms. The fraction of sp³-hybridized carbons (Fsp3) is 0.222. The number of rotatable bonds is 5. The van der Waals surface area contributed by atoms with Crippen LogP contribution in [0.4, 0.5) is 11.5 Å². The number of ether oxygens (including phenoxy) is 1. The molecule has 0 N–H and O–H groups in total. The van der Waals surface area contributed by atoms with Crippen molar-refractivity contribution in [3.05, 3.63) is 81.8 Å². The molecule has 0 radical (unpaired) electrons. The van der Waals surface area contributed by atoms with Crippen molar-refractivity contribution in [2.24, 2.45) is 0 Å². The molecule has 2 amide bonds. The van der Waals surface area contributed by atoms with Crippen LogP contribution in [0, 0.1) is 0 Å². The van der Waals surface area contributed by atoms with Crippen LogP contribution in [-0.4, -0.2) is 61.5 Å². The smallest absolute Gasteiger partial charge is 0.265 e. The average Bonchev–Trinajstić information content (AvgIpc) is 2.91. The number of hydrogen-bond acceptors (Lipinski definition) is 6. The van der Waals surface area contributed by atoms with Gasteiger partial charge in [0.15, 0.2) is 0 Å². The summed E-state index contributed by atoms with van der Waals surface area (Å²) in [6, 6.07) is 19.2. The molecule has 0 saturated carbocycles. The highest BCUT2D eigenvalue weighted by molar-refractivity contribution is 9.10. The van der Waals surface area contributed by atoms with Gasteiger partial charge in [-0.3, -0.25) is 14.5 Å². The Morgan fingerprint density at radius 2 is 1.86 bits per heavy atom. The van der Waals surface area contributed by atoms with Crippen LogP contribution in [0.2, 0.25) is 0 Å². The molecule has 2 aliphatic heterocycles. The topological polar surface area (TPSA) is 66.0 Å². The maximum atomic E-state index is 13.6. The van der Waals surface area contributed by atoms with E-state index in [2.05, 4.69) is 25.8 Å². The minimum atomic E-state index is -0.175. The van der Waals surface area contributed by atoms with E-state index in [-0.39, 0.29) is 18.4 Å². The van der Waals surface area contributed by atoms with E-state index < -0.39 is 0 Å². The first-order valence-corrected chi connectivity index (χ1v) is 13.2. The number of para-hydroxylation sites is 1. The number of aromatic nitrogens is 1. The normalized spacial score (nSPS) is 16.8. The van der Waals surface area contributed by atoms with Gasteiger partial charge in [-0.15, -0.1) is 0 Å². The van der Waals surface area contributed by atoms with Crippen molar-refractivity contribution in [2.75, 3.05) is 49.6 Å². The SMILES string of the molecule is COc1ccc(/C=C2/Sc3ccccc3N(CC(=O)N3CCN(c4ccccn4)CC3)C2=O)cc1Br. The summed E-state index contributed by atoms with van der Waals surface area (Å²) in [7, 11) is 1.61. The zero-order chi connectivity index (χ0) is 25.1. The van der Waals surface area contributed by atoms with Gasteiger partial charge in [-0.05, 0) is 64.0 Å². The number of piperazine rings is 1. The lowest BCUT2D eigenvalue weighted by Crippen LogP contribution is -2.52. The number of methoxy groups -OCH3 is 1. The van der Waals surface area contributed by atoms with Crippen molar-refractivity contribution < 1.29 is 14.3 Å². The minimum Gasteiger partial charge on any atom is -0.496 e. The van der Waals surface area contributed by atoms with Crippen molar-refractivity contribution in [3.63, 3.8) is 0 Å². The van der Waals surface area contributed by atoms with E-state index in [9.17, 15) is 9.59 Å². The van der Waals surface area contributed by atoms with Crippen LogP contribution in [0.15, 0.2) is 81.1 Å². The van der Waals surface area contributed by atoms with Gasteiger partial charge < -0.3 is 14.5 Å². The van der Waals surface area contributed by atoms with Crippen LogP contribution in [0.5, 0.6) is 5.75 Å². The number of carbonyl (C=O) groups is 2. The molecule has 2 aliphatic rings. The van der Waals surface area contributed by atoms with Gasteiger partial charge in [-0.1, -0.05) is 36.0 Å².